The van der Waals surface area contributed by atoms with Crippen LogP contribution in [0, 0.1) is 0 Å². The van der Waals surface area contributed by atoms with Gasteiger partial charge in [0.2, 0.25) is 0 Å². The number of rotatable bonds is 14. The van der Waals surface area contributed by atoms with Crippen molar-refractivity contribution >= 4 is 65.4 Å². The van der Waals surface area contributed by atoms with E-state index in [1.54, 1.807) is 14.2 Å². The van der Waals surface area contributed by atoms with Crippen molar-refractivity contribution in [1.82, 2.24) is 0 Å². The van der Waals surface area contributed by atoms with Gasteiger partial charge in [-0.3, -0.25) is 0 Å². The van der Waals surface area contributed by atoms with Crippen LogP contribution in [0.5, 0.6) is 0 Å². The summed E-state index contributed by atoms with van der Waals surface area (Å²) < 4.78 is 36.4. The van der Waals surface area contributed by atoms with Gasteiger partial charge in [-0.1, -0.05) is 182 Å². The van der Waals surface area contributed by atoms with E-state index in [-0.39, 0.29) is 0 Å². The van der Waals surface area contributed by atoms with Gasteiger partial charge in [-0.2, -0.15) is 0 Å². The van der Waals surface area contributed by atoms with Gasteiger partial charge < -0.3 is 21.2 Å². The summed E-state index contributed by atoms with van der Waals surface area (Å²) in [6.07, 6.45) is 0. The smallest absolute Gasteiger partial charge is 0.398 e. The molecule has 0 amide bonds. The summed E-state index contributed by atoms with van der Waals surface area (Å²) in [6.45, 7) is 4.22. The highest BCUT2D eigenvalue weighted by molar-refractivity contribution is 7.07. The van der Waals surface area contributed by atoms with Crippen LogP contribution in [0.25, 0.3) is 0 Å². The fourth-order valence-corrected chi connectivity index (χ4v) is 24.8. The van der Waals surface area contributed by atoms with Gasteiger partial charge in [-0.05, 0) is 44.2 Å². The number of hydrogen-bond acceptors (Lipinski definition) is 5. The Bertz CT molecular complexity index is 1760. The van der Waals surface area contributed by atoms with E-state index in [4.69, 9.17) is 21.2 Å². The fraction of sp³-hybridized carbons (Fsp3) is 0.100. The summed E-state index contributed by atoms with van der Waals surface area (Å²) in [5.74, 6) is 0. The van der Waals surface area contributed by atoms with Crippen molar-refractivity contribution in [1.29, 1.82) is 0 Å². The Labute approximate surface area is 294 Å². The molecule has 0 radical (unpaired) electrons. The zero-order valence-electron chi connectivity index (χ0n) is 28.4. The Morgan fingerprint density at radius 1 is 0.286 bits per heavy atom. The molecule has 0 aliphatic carbocycles. The molecule has 0 heterocycles. The second-order valence-electron chi connectivity index (χ2n) is 12.2. The van der Waals surface area contributed by atoms with Crippen molar-refractivity contribution in [3.63, 3.8) is 0 Å². The zero-order chi connectivity index (χ0) is 34.2. The van der Waals surface area contributed by atoms with Crippen molar-refractivity contribution < 1.29 is 21.2 Å². The Balaban J connectivity index is 1.58. The highest BCUT2D eigenvalue weighted by atomic mass is 28.5. The predicted octanol–water partition coefficient (Wildman–Crippen LogP) is 4.80. The van der Waals surface area contributed by atoms with Crippen molar-refractivity contribution in [2.45, 2.75) is 13.1 Å². The van der Waals surface area contributed by atoms with Gasteiger partial charge in [0.25, 0.3) is 0 Å². The first-order valence-electron chi connectivity index (χ1n) is 16.4. The van der Waals surface area contributed by atoms with E-state index in [0.29, 0.717) is 0 Å². The lowest BCUT2D eigenvalue weighted by molar-refractivity contribution is 0.264. The Hall–Kier alpha value is -4.01. The van der Waals surface area contributed by atoms with Crippen LogP contribution in [0.3, 0.4) is 0 Å². The van der Waals surface area contributed by atoms with Crippen LogP contribution in [0.1, 0.15) is 0 Å². The standard InChI is InChI=1S/C40H42O5Si4/c1-41-47(35-23-11-5-12-24-35,36-25-13-6-14-26-36)43-46(3,4)44-49(39-31-19-9-20-32-39,40-33-21-10-22-34-40)45-48(42-2,37-27-15-7-16-28-37)38-29-17-8-18-30-38/h5-34H,1-4H3. The average molecular weight is 715 g/mol. The van der Waals surface area contributed by atoms with Crippen LogP contribution >= 0.6 is 0 Å². The molecule has 0 aliphatic rings. The van der Waals surface area contributed by atoms with Crippen LogP contribution in [-0.2, 0) is 21.2 Å². The molecule has 248 valence electrons. The maximum absolute atomic E-state index is 7.88. The molecule has 6 aromatic carbocycles. The fourth-order valence-electron chi connectivity index (χ4n) is 6.41. The number of hydrogen-bond donors (Lipinski definition) is 0. The third-order valence-corrected chi connectivity index (χ3v) is 24.8. The molecule has 0 aliphatic heterocycles. The molecule has 0 spiro atoms. The topological polar surface area (TPSA) is 46.2 Å². The SMILES string of the molecule is CO[Si](O[Si](C)(C)O[Si](O[Si](OC)(c1ccccc1)c1ccccc1)(c1ccccc1)c1ccccc1)(c1ccccc1)c1ccccc1. The maximum atomic E-state index is 7.88. The second kappa shape index (κ2) is 15.3. The van der Waals surface area contributed by atoms with E-state index in [1.165, 1.54) is 0 Å². The molecular weight excluding hydrogens is 673 g/mol. The van der Waals surface area contributed by atoms with E-state index in [2.05, 4.69) is 85.9 Å². The first-order valence-corrected chi connectivity index (χ1v) is 24.7. The molecular formula is C40H42O5Si4. The Kier molecular flexibility index (Phi) is 10.8. The van der Waals surface area contributed by atoms with Crippen molar-refractivity contribution in [3.05, 3.63) is 182 Å². The summed E-state index contributed by atoms with van der Waals surface area (Å²) in [5.41, 5.74) is 0. The molecule has 0 aromatic heterocycles. The quantitative estimate of drug-likeness (QED) is 0.152. The highest BCUT2D eigenvalue weighted by Gasteiger charge is 2.58. The molecule has 0 atom stereocenters. The molecule has 49 heavy (non-hydrogen) atoms. The van der Waals surface area contributed by atoms with E-state index < -0.39 is 34.2 Å². The minimum atomic E-state index is -3.68. The molecule has 0 saturated carbocycles. The summed E-state index contributed by atoms with van der Waals surface area (Å²) >= 11 is 0. The third-order valence-electron chi connectivity index (χ3n) is 8.56. The largest absolute Gasteiger partial charge is 0.409 e. The van der Waals surface area contributed by atoms with Gasteiger partial charge in [-0.25, -0.2) is 0 Å². The molecule has 6 rings (SSSR count). The lowest BCUT2D eigenvalue weighted by atomic mass is 10.4. The summed E-state index contributed by atoms with van der Waals surface area (Å²) in [6, 6.07) is 61.8. The van der Waals surface area contributed by atoms with Crippen molar-refractivity contribution in [2.75, 3.05) is 14.2 Å². The van der Waals surface area contributed by atoms with Crippen molar-refractivity contribution in [2.24, 2.45) is 0 Å². The van der Waals surface area contributed by atoms with Crippen molar-refractivity contribution in [3.8, 4) is 0 Å². The van der Waals surface area contributed by atoms with E-state index in [9.17, 15) is 0 Å². The van der Waals surface area contributed by atoms with Gasteiger partial charge >= 0.3 is 34.2 Å². The normalized spacial score (nSPS) is 12.5. The highest BCUT2D eigenvalue weighted by Crippen LogP contribution is 2.26. The first-order chi connectivity index (χ1) is 23.9. The molecule has 5 nitrogen and oxygen atoms in total. The lowest BCUT2D eigenvalue weighted by Crippen LogP contribution is -2.78. The molecule has 0 N–H and O–H groups in total. The molecule has 0 unspecified atom stereocenters. The van der Waals surface area contributed by atoms with E-state index in [1.807, 2.05) is 109 Å². The predicted molar refractivity (Wildman–Crippen MR) is 208 cm³/mol. The van der Waals surface area contributed by atoms with Crippen LogP contribution in [0.4, 0.5) is 0 Å². The van der Waals surface area contributed by atoms with Crippen LogP contribution in [-0.4, -0.2) is 48.5 Å². The molecule has 6 aromatic rings. The summed E-state index contributed by atoms with van der Waals surface area (Å²) in [4.78, 5) is 0. The van der Waals surface area contributed by atoms with Gasteiger partial charge in [0.05, 0.1) is 0 Å². The third kappa shape index (κ3) is 7.17. The summed E-state index contributed by atoms with van der Waals surface area (Å²) in [5, 5.41) is 5.94. The first kappa shape index (κ1) is 34.8. The Morgan fingerprint density at radius 3 is 0.735 bits per heavy atom. The minimum absolute atomic E-state index is 0.968. The second-order valence-corrected chi connectivity index (χ2v) is 25.4. The zero-order valence-corrected chi connectivity index (χ0v) is 32.4. The maximum Gasteiger partial charge on any atom is 0.398 e. The van der Waals surface area contributed by atoms with Gasteiger partial charge in [-0.15, -0.1) is 0 Å². The molecule has 0 bridgehead atoms. The van der Waals surface area contributed by atoms with Gasteiger partial charge in [0, 0.05) is 14.2 Å². The summed E-state index contributed by atoms with van der Waals surface area (Å²) in [7, 11) is -10.1. The van der Waals surface area contributed by atoms with E-state index >= 15 is 0 Å². The van der Waals surface area contributed by atoms with Crippen LogP contribution in [0.15, 0.2) is 182 Å². The molecule has 9 heteroatoms. The van der Waals surface area contributed by atoms with Gasteiger partial charge in [0.1, 0.15) is 0 Å². The minimum Gasteiger partial charge on any atom is -0.409 e. The van der Waals surface area contributed by atoms with Crippen LogP contribution < -0.4 is 31.1 Å². The Morgan fingerprint density at radius 2 is 0.490 bits per heavy atom. The molecule has 0 fully saturated rings. The average Bonchev–Trinajstić information content (AvgIpc) is 3.17. The van der Waals surface area contributed by atoms with E-state index in [0.717, 1.165) is 31.1 Å². The monoisotopic (exact) mass is 714 g/mol. The number of benzene rings is 6. The van der Waals surface area contributed by atoms with Gasteiger partial charge in [0.15, 0.2) is 0 Å². The lowest BCUT2D eigenvalue weighted by Gasteiger charge is -2.45. The molecule has 0 saturated heterocycles. The van der Waals surface area contributed by atoms with Crippen LogP contribution in [0.2, 0.25) is 13.1 Å².